The van der Waals surface area contributed by atoms with Crippen molar-refractivity contribution in [1.29, 1.82) is 0 Å². The molecule has 3 heterocycles. The lowest BCUT2D eigenvalue weighted by Crippen LogP contribution is -2.30. The summed E-state index contributed by atoms with van der Waals surface area (Å²) in [7, 11) is -3.54. The van der Waals surface area contributed by atoms with Gasteiger partial charge < -0.3 is 4.52 Å². The van der Waals surface area contributed by atoms with E-state index >= 15 is 0 Å². The van der Waals surface area contributed by atoms with Crippen molar-refractivity contribution in [2.75, 3.05) is 6.54 Å². The average Bonchev–Trinajstić information content (AvgIpc) is 3.08. The molecular formula is C13H15N3O3S. The van der Waals surface area contributed by atoms with E-state index in [1.807, 2.05) is 6.92 Å². The van der Waals surface area contributed by atoms with Crippen molar-refractivity contribution in [2.45, 2.75) is 30.7 Å². The Morgan fingerprint density at radius 3 is 2.95 bits per heavy atom. The number of rotatable bonds is 3. The Morgan fingerprint density at radius 1 is 1.45 bits per heavy atom. The number of pyridine rings is 1. The highest BCUT2D eigenvalue weighted by Crippen LogP contribution is 2.36. The minimum Gasteiger partial charge on any atom is -0.359 e. The van der Waals surface area contributed by atoms with E-state index in [-0.39, 0.29) is 10.9 Å². The smallest absolute Gasteiger partial charge is 0.245 e. The summed E-state index contributed by atoms with van der Waals surface area (Å²) in [5.41, 5.74) is 0.755. The number of nitrogens with zero attached hydrogens (tertiary/aromatic N) is 3. The molecule has 0 spiro atoms. The molecule has 20 heavy (non-hydrogen) atoms. The molecule has 7 heteroatoms. The van der Waals surface area contributed by atoms with Gasteiger partial charge in [0, 0.05) is 25.0 Å². The Labute approximate surface area is 117 Å². The normalized spacial score (nSPS) is 20.4. The van der Waals surface area contributed by atoms with Crippen molar-refractivity contribution < 1.29 is 12.9 Å². The van der Waals surface area contributed by atoms with Crippen LogP contribution >= 0.6 is 0 Å². The van der Waals surface area contributed by atoms with Crippen LogP contribution in [0.5, 0.6) is 0 Å². The lowest BCUT2D eigenvalue weighted by Gasteiger charge is -2.21. The molecule has 1 saturated heterocycles. The van der Waals surface area contributed by atoms with Crippen LogP contribution < -0.4 is 0 Å². The van der Waals surface area contributed by atoms with Crippen LogP contribution in [-0.4, -0.2) is 29.4 Å². The lowest BCUT2D eigenvalue weighted by atomic mass is 10.2. The molecular weight excluding hydrogens is 278 g/mol. The molecule has 0 bridgehead atoms. The minimum atomic E-state index is -3.54. The van der Waals surface area contributed by atoms with Crippen LogP contribution in [0.15, 0.2) is 40.0 Å². The predicted octanol–water partition coefficient (Wildman–Crippen LogP) is 1.90. The van der Waals surface area contributed by atoms with E-state index in [0.29, 0.717) is 12.3 Å². The molecule has 6 nitrogen and oxygen atoms in total. The second-order valence-corrected chi connectivity index (χ2v) is 6.72. The summed E-state index contributed by atoms with van der Waals surface area (Å²) < 4.78 is 32.0. The first-order chi connectivity index (χ1) is 9.59. The van der Waals surface area contributed by atoms with Gasteiger partial charge >= 0.3 is 0 Å². The summed E-state index contributed by atoms with van der Waals surface area (Å²) in [6.07, 6.45) is 4.48. The summed E-state index contributed by atoms with van der Waals surface area (Å²) in [5.74, 6) is 0.604. The first-order valence-electron chi connectivity index (χ1n) is 6.44. The van der Waals surface area contributed by atoms with Gasteiger partial charge in [-0.25, -0.2) is 8.42 Å². The third-order valence-electron chi connectivity index (χ3n) is 3.42. The van der Waals surface area contributed by atoms with Crippen LogP contribution in [-0.2, 0) is 10.0 Å². The molecule has 3 rings (SSSR count). The number of hydrogen-bond acceptors (Lipinski definition) is 5. The van der Waals surface area contributed by atoms with Crippen molar-refractivity contribution >= 4 is 10.0 Å². The van der Waals surface area contributed by atoms with Crippen molar-refractivity contribution in [1.82, 2.24) is 14.4 Å². The SMILES string of the molecule is Cc1cc([C@H]2CCCN2S(=O)(=O)c2cccnc2)on1. The first kappa shape index (κ1) is 13.3. The van der Waals surface area contributed by atoms with Gasteiger partial charge in [-0.05, 0) is 31.9 Å². The Balaban J connectivity index is 1.97. The first-order valence-corrected chi connectivity index (χ1v) is 7.88. The summed E-state index contributed by atoms with van der Waals surface area (Å²) in [6.45, 7) is 2.31. The Bertz CT molecular complexity index is 697. The van der Waals surface area contributed by atoms with Gasteiger partial charge in [0.25, 0.3) is 0 Å². The second kappa shape index (κ2) is 4.99. The topological polar surface area (TPSA) is 76.3 Å². The lowest BCUT2D eigenvalue weighted by molar-refractivity contribution is 0.297. The molecule has 1 aliphatic heterocycles. The molecule has 1 fully saturated rings. The van der Waals surface area contributed by atoms with Crippen LogP contribution in [0.2, 0.25) is 0 Å². The molecule has 0 aliphatic carbocycles. The molecule has 0 radical (unpaired) electrons. The van der Waals surface area contributed by atoms with Gasteiger partial charge in [0.2, 0.25) is 10.0 Å². The van der Waals surface area contributed by atoms with E-state index in [2.05, 4.69) is 10.1 Å². The average molecular weight is 293 g/mol. The fraction of sp³-hybridized carbons (Fsp3) is 0.385. The van der Waals surface area contributed by atoms with Crippen molar-refractivity contribution in [3.05, 3.63) is 42.0 Å². The van der Waals surface area contributed by atoms with E-state index in [9.17, 15) is 8.42 Å². The maximum absolute atomic E-state index is 12.6. The molecule has 106 valence electrons. The number of aromatic nitrogens is 2. The molecule has 0 saturated carbocycles. The van der Waals surface area contributed by atoms with Gasteiger partial charge in [-0.15, -0.1) is 0 Å². The van der Waals surface area contributed by atoms with Crippen molar-refractivity contribution in [3.63, 3.8) is 0 Å². The van der Waals surface area contributed by atoms with Crippen LogP contribution in [0.3, 0.4) is 0 Å². The quantitative estimate of drug-likeness (QED) is 0.864. The number of aryl methyl sites for hydroxylation is 1. The van der Waals surface area contributed by atoms with E-state index < -0.39 is 10.0 Å². The third kappa shape index (κ3) is 2.23. The highest BCUT2D eigenvalue weighted by Gasteiger charge is 2.38. The summed E-state index contributed by atoms with van der Waals surface area (Å²) in [6, 6.07) is 4.70. The Morgan fingerprint density at radius 2 is 2.30 bits per heavy atom. The van der Waals surface area contributed by atoms with Gasteiger partial charge in [0.15, 0.2) is 5.76 Å². The maximum atomic E-state index is 12.6. The summed E-state index contributed by atoms with van der Waals surface area (Å²) in [4.78, 5) is 4.09. The molecule has 1 aliphatic rings. The van der Waals surface area contributed by atoms with E-state index in [1.54, 1.807) is 24.4 Å². The van der Waals surface area contributed by atoms with Crippen LogP contribution in [0.4, 0.5) is 0 Å². The molecule has 0 unspecified atom stereocenters. The van der Waals surface area contributed by atoms with Crippen molar-refractivity contribution in [3.8, 4) is 0 Å². The van der Waals surface area contributed by atoms with E-state index in [4.69, 9.17) is 4.52 Å². The summed E-state index contributed by atoms with van der Waals surface area (Å²) >= 11 is 0. The van der Waals surface area contributed by atoms with Crippen molar-refractivity contribution in [2.24, 2.45) is 0 Å². The van der Waals surface area contributed by atoms with Gasteiger partial charge in [-0.2, -0.15) is 4.31 Å². The maximum Gasteiger partial charge on any atom is 0.245 e. The van der Waals surface area contributed by atoms with E-state index in [1.165, 1.54) is 10.5 Å². The van der Waals surface area contributed by atoms with Gasteiger partial charge in [-0.1, -0.05) is 5.16 Å². The molecule has 0 N–H and O–H groups in total. The Hall–Kier alpha value is -1.73. The Kier molecular flexibility index (Phi) is 3.31. The highest BCUT2D eigenvalue weighted by atomic mass is 32.2. The zero-order valence-corrected chi connectivity index (χ0v) is 11.9. The summed E-state index contributed by atoms with van der Waals surface area (Å²) in [5, 5.41) is 3.84. The zero-order valence-electron chi connectivity index (χ0n) is 11.1. The van der Waals surface area contributed by atoms with E-state index in [0.717, 1.165) is 18.5 Å². The standard InChI is InChI=1S/C13H15N3O3S/c1-10-8-13(19-15-10)12-5-3-7-16(12)20(17,18)11-4-2-6-14-9-11/h2,4,6,8-9,12H,3,5,7H2,1H3/t12-/m1/s1. The van der Waals surface area contributed by atoms with Gasteiger partial charge in [0.1, 0.15) is 4.90 Å². The zero-order chi connectivity index (χ0) is 14.2. The molecule has 1 atom stereocenters. The molecule has 0 aromatic carbocycles. The van der Waals surface area contributed by atoms with Crippen LogP contribution in [0, 0.1) is 6.92 Å². The monoisotopic (exact) mass is 293 g/mol. The van der Waals surface area contributed by atoms with Crippen LogP contribution in [0.25, 0.3) is 0 Å². The number of sulfonamides is 1. The highest BCUT2D eigenvalue weighted by molar-refractivity contribution is 7.89. The molecule has 2 aromatic heterocycles. The third-order valence-corrected chi connectivity index (χ3v) is 5.31. The molecule has 0 amide bonds. The predicted molar refractivity (Wildman–Crippen MR) is 71.3 cm³/mol. The number of hydrogen-bond donors (Lipinski definition) is 0. The van der Waals surface area contributed by atoms with Gasteiger partial charge in [-0.3, -0.25) is 4.98 Å². The molecule has 2 aromatic rings. The largest absolute Gasteiger partial charge is 0.359 e. The fourth-order valence-corrected chi connectivity index (χ4v) is 4.12. The fourth-order valence-electron chi connectivity index (χ4n) is 2.49. The second-order valence-electron chi connectivity index (χ2n) is 4.83. The minimum absolute atomic E-state index is 0.211. The van der Waals surface area contributed by atoms with Crippen LogP contribution in [0.1, 0.15) is 30.3 Å². The van der Waals surface area contributed by atoms with Gasteiger partial charge in [0.05, 0.1) is 11.7 Å².